The van der Waals surface area contributed by atoms with Crippen molar-refractivity contribution in [1.29, 1.82) is 0 Å². The maximum absolute atomic E-state index is 5.48. The van der Waals surface area contributed by atoms with Gasteiger partial charge in [-0.2, -0.15) is 0 Å². The lowest BCUT2D eigenvalue weighted by molar-refractivity contribution is 0.391. The summed E-state index contributed by atoms with van der Waals surface area (Å²) in [6.07, 6.45) is 0. The number of halogens is 2. The molecule has 0 aliphatic rings. The van der Waals surface area contributed by atoms with Crippen LogP contribution in [-0.4, -0.2) is 14.2 Å². The third-order valence-electron chi connectivity index (χ3n) is 3.30. The number of methoxy groups -OCH3 is 2. The van der Waals surface area contributed by atoms with Crippen LogP contribution in [0.5, 0.6) is 11.5 Å². The minimum Gasteiger partial charge on any atom is -0.497 e. The minimum absolute atomic E-state index is 0.0702. The average Bonchev–Trinajstić information content (AvgIpc) is 2.48. The molecule has 4 heteroatoms. The lowest BCUT2D eigenvalue weighted by atomic mass is 9.99. The normalized spacial score (nSPS) is 12.1. The van der Waals surface area contributed by atoms with E-state index >= 15 is 0 Å². The van der Waals surface area contributed by atoms with Gasteiger partial charge < -0.3 is 9.47 Å². The molecule has 0 fully saturated rings. The molecule has 0 spiro atoms. The van der Waals surface area contributed by atoms with E-state index in [1.54, 1.807) is 14.2 Å². The summed E-state index contributed by atoms with van der Waals surface area (Å²) < 4.78 is 11.8. The highest BCUT2D eigenvalue weighted by molar-refractivity contribution is 9.10. The van der Waals surface area contributed by atoms with Crippen LogP contribution in [0.15, 0.2) is 40.9 Å². The summed E-state index contributed by atoms with van der Waals surface area (Å²) in [7, 11) is 3.32. The highest BCUT2D eigenvalue weighted by atomic mass is 79.9. The number of benzene rings is 2. The van der Waals surface area contributed by atoms with Crippen LogP contribution in [0.25, 0.3) is 0 Å². The van der Waals surface area contributed by atoms with Crippen LogP contribution >= 0.6 is 31.9 Å². The first-order chi connectivity index (χ1) is 9.58. The van der Waals surface area contributed by atoms with E-state index in [1.807, 2.05) is 30.3 Å². The molecule has 0 radical (unpaired) electrons. The van der Waals surface area contributed by atoms with E-state index in [0.29, 0.717) is 0 Å². The number of ether oxygens (including phenoxy) is 2. The van der Waals surface area contributed by atoms with Crippen molar-refractivity contribution in [2.45, 2.75) is 11.8 Å². The summed E-state index contributed by atoms with van der Waals surface area (Å²) in [5.74, 6) is 1.60. The SMILES string of the molecule is COc1ccc(C(Br)c2cccc(Br)c2C)c(OC)c1. The predicted octanol–water partition coefficient (Wildman–Crippen LogP) is 5.26. The predicted molar refractivity (Wildman–Crippen MR) is 89.2 cm³/mol. The van der Waals surface area contributed by atoms with Crippen molar-refractivity contribution < 1.29 is 9.47 Å². The Bertz CT molecular complexity index is 611. The molecule has 0 saturated heterocycles. The highest BCUT2D eigenvalue weighted by Gasteiger charge is 2.18. The number of hydrogen-bond donors (Lipinski definition) is 0. The molecule has 0 saturated carbocycles. The van der Waals surface area contributed by atoms with Gasteiger partial charge in [-0.25, -0.2) is 0 Å². The van der Waals surface area contributed by atoms with E-state index in [0.717, 1.165) is 21.5 Å². The van der Waals surface area contributed by atoms with E-state index in [-0.39, 0.29) is 4.83 Å². The largest absolute Gasteiger partial charge is 0.497 e. The monoisotopic (exact) mass is 398 g/mol. The zero-order chi connectivity index (χ0) is 14.7. The Morgan fingerprint density at radius 2 is 1.75 bits per heavy atom. The zero-order valence-electron chi connectivity index (χ0n) is 11.6. The first kappa shape index (κ1) is 15.4. The summed E-state index contributed by atoms with van der Waals surface area (Å²) in [4.78, 5) is 0.0702. The highest BCUT2D eigenvalue weighted by Crippen LogP contribution is 2.40. The summed E-state index contributed by atoms with van der Waals surface area (Å²) in [5.41, 5.74) is 3.50. The van der Waals surface area contributed by atoms with Crippen LogP contribution in [0, 0.1) is 6.92 Å². The molecular weight excluding hydrogens is 384 g/mol. The van der Waals surface area contributed by atoms with Crippen LogP contribution in [0.3, 0.4) is 0 Å². The standard InChI is InChI=1S/C16H16Br2O2/c1-10-12(5-4-6-14(10)17)16(18)13-8-7-11(19-2)9-15(13)20-3/h4-9,16H,1-3H3. The summed E-state index contributed by atoms with van der Waals surface area (Å²) in [6, 6.07) is 12.1. The Morgan fingerprint density at radius 1 is 1.00 bits per heavy atom. The smallest absolute Gasteiger partial charge is 0.127 e. The molecule has 0 N–H and O–H groups in total. The van der Waals surface area contributed by atoms with Crippen molar-refractivity contribution in [3.63, 3.8) is 0 Å². The van der Waals surface area contributed by atoms with Crippen molar-refractivity contribution in [2.24, 2.45) is 0 Å². The van der Waals surface area contributed by atoms with Crippen molar-refractivity contribution in [2.75, 3.05) is 14.2 Å². The first-order valence-electron chi connectivity index (χ1n) is 6.19. The molecule has 0 bridgehead atoms. The lowest BCUT2D eigenvalue weighted by Crippen LogP contribution is -2.00. The van der Waals surface area contributed by atoms with Gasteiger partial charge in [0.15, 0.2) is 0 Å². The van der Waals surface area contributed by atoms with Gasteiger partial charge in [-0.3, -0.25) is 0 Å². The number of rotatable bonds is 4. The number of hydrogen-bond acceptors (Lipinski definition) is 2. The van der Waals surface area contributed by atoms with Crippen molar-refractivity contribution >= 4 is 31.9 Å². The molecule has 0 heterocycles. The minimum atomic E-state index is 0.0702. The maximum atomic E-state index is 5.48. The fourth-order valence-electron chi connectivity index (χ4n) is 2.09. The Balaban J connectivity index is 2.47. The summed E-state index contributed by atoms with van der Waals surface area (Å²) >= 11 is 7.35. The molecule has 2 rings (SSSR count). The molecule has 0 amide bonds. The van der Waals surface area contributed by atoms with Gasteiger partial charge in [0, 0.05) is 16.1 Å². The fourth-order valence-corrected chi connectivity index (χ4v) is 3.35. The molecule has 1 unspecified atom stereocenters. The van der Waals surface area contributed by atoms with Crippen molar-refractivity contribution in [3.8, 4) is 11.5 Å². The fraction of sp³-hybridized carbons (Fsp3) is 0.250. The van der Waals surface area contributed by atoms with E-state index in [1.165, 1.54) is 11.1 Å². The van der Waals surface area contributed by atoms with Gasteiger partial charge in [0.1, 0.15) is 11.5 Å². The number of alkyl halides is 1. The van der Waals surface area contributed by atoms with E-state index < -0.39 is 0 Å². The molecule has 2 aromatic carbocycles. The molecule has 0 aromatic heterocycles. The van der Waals surface area contributed by atoms with Gasteiger partial charge in [-0.1, -0.05) is 50.1 Å². The van der Waals surface area contributed by atoms with Crippen LogP contribution in [0.4, 0.5) is 0 Å². The third kappa shape index (κ3) is 3.01. The van der Waals surface area contributed by atoms with Crippen LogP contribution in [-0.2, 0) is 0 Å². The zero-order valence-corrected chi connectivity index (χ0v) is 14.8. The van der Waals surface area contributed by atoms with Gasteiger partial charge in [0.25, 0.3) is 0 Å². The Morgan fingerprint density at radius 3 is 2.40 bits per heavy atom. The molecule has 0 aliphatic heterocycles. The van der Waals surface area contributed by atoms with Crippen LogP contribution in [0.1, 0.15) is 21.5 Å². The van der Waals surface area contributed by atoms with Crippen LogP contribution in [0.2, 0.25) is 0 Å². The molecule has 0 aliphatic carbocycles. The summed E-state index contributed by atoms with van der Waals surface area (Å²) in [5, 5.41) is 0. The molecular formula is C16H16Br2O2. The first-order valence-corrected chi connectivity index (χ1v) is 7.90. The maximum Gasteiger partial charge on any atom is 0.127 e. The summed E-state index contributed by atoms with van der Waals surface area (Å²) in [6.45, 7) is 2.10. The second-order valence-corrected chi connectivity index (χ2v) is 6.19. The molecule has 2 nitrogen and oxygen atoms in total. The molecule has 2 aromatic rings. The molecule has 20 heavy (non-hydrogen) atoms. The van der Waals surface area contributed by atoms with E-state index in [4.69, 9.17) is 9.47 Å². The van der Waals surface area contributed by atoms with E-state index in [9.17, 15) is 0 Å². The Hall–Kier alpha value is -1.00. The van der Waals surface area contributed by atoms with Gasteiger partial charge in [-0.05, 0) is 30.2 Å². The van der Waals surface area contributed by atoms with Gasteiger partial charge in [-0.15, -0.1) is 0 Å². The molecule has 1 atom stereocenters. The van der Waals surface area contributed by atoms with Gasteiger partial charge in [0.05, 0.1) is 19.0 Å². The van der Waals surface area contributed by atoms with E-state index in [2.05, 4.69) is 44.8 Å². The van der Waals surface area contributed by atoms with Gasteiger partial charge >= 0.3 is 0 Å². The van der Waals surface area contributed by atoms with Gasteiger partial charge in [0.2, 0.25) is 0 Å². The van der Waals surface area contributed by atoms with Crippen LogP contribution < -0.4 is 9.47 Å². The Kier molecular flexibility index (Phi) is 5.11. The Labute approximate surface area is 136 Å². The topological polar surface area (TPSA) is 18.5 Å². The molecule has 106 valence electrons. The second kappa shape index (κ2) is 6.64. The van der Waals surface area contributed by atoms with Crippen molar-refractivity contribution in [3.05, 3.63) is 57.6 Å². The third-order valence-corrected chi connectivity index (χ3v) is 5.14. The quantitative estimate of drug-likeness (QED) is 0.653. The lowest BCUT2D eigenvalue weighted by Gasteiger charge is -2.18. The van der Waals surface area contributed by atoms with Crippen molar-refractivity contribution in [1.82, 2.24) is 0 Å². The average molecular weight is 400 g/mol. The second-order valence-electron chi connectivity index (χ2n) is 4.42.